The lowest BCUT2D eigenvalue weighted by atomic mass is 10.1. The third kappa shape index (κ3) is 3.22. The quantitative estimate of drug-likeness (QED) is 0.584. The minimum atomic E-state index is -0.281. The van der Waals surface area contributed by atoms with E-state index in [1.54, 1.807) is 12.4 Å². The summed E-state index contributed by atoms with van der Waals surface area (Å²) in [4.78, 5) is 24.9. The molecule has 7 heteroatoms. The average Bonchev–Trinajstić information content (AvgIpc) is 3.29. The fourth-order valence-electron chi connectivity index (χ4n) is 2.84. The molecule has 4 rings (SSSR count). The van der Waals surface area contributed by atoms with Crippen LogP contribution in [0.15, 0.2) is 65.4 Å². The van der Waals surface area contributed by atoms with Gasteiger partial charge in [0.05, 0.1) is 5.56 Å². The van der Waals surface area contributed by atoms with E-state index in [-0.39, 0.29) is 5.91 Å². The standard InChI is InChI=1S/C19H17N5OS/c20-10-13-3-1-4-14(9-13)12-24-7-8-26-19(24)23-18(25)16-11-22-17-15(16)5-2-6-21-17/h1-9,11H,10,12,20H2,(H,21,22)/b23-19-. The maximum Gasteiger partial charge on any atom is 0.281 e. The second-order valence-electron chi connectivity index (χ2n) is 5.86. The maximum atomic E-state index is 12.7. The molecule has 0 aliphatic rings. The monoisotopic (exact) mass is 363 g/mol. The molecule has 1 amide bonds. The summed E-state index contributed by atoms with van der Waals surface area (Å²) in [5.41, 5.74) is 9.13. The van der Waals surface area contributed by atoms with Gasteiger partial charge in [-0.3, -0.25) is 4.79 Å². The number of nitrogens with zero attached hydrogens (tertiary/aromatic N) is 3. The highest BCUT2D eigenvalue weighted by molar-refractivity contribution is 7.07. The SMILES string of the molecule is NCc1cccc(Cn2ccs/c2=N\C(=O)c2c[nH]c3ncccc23)c1. The number of H-pyrrole nitrogens is 1. The molecule has 0 aliphatic heterocycles. The Kier molecular flexibility index (Phi) is 4.47. The van der Waals surface area contributed by atoms with Gasteiger partial charge in [0.2, 0.25) is 0 Å². The van der Waals surface area contributed by atoms with Crippen molar-refractivity contribution in [3.8, 4) is 0 Å². The largest absolute Gasteiger partial charge is 0.345 e. The van der Waals surface area contributed by atoms with Gasteiger partial charge in [-0.05, 0) is 23.3 Å². The Balaban J connectivity index is 1.66. The van der Waals surface area contributed by atoms with Crippen LogP contribution in [-0.2, 0) is 13.1 Å². The first-order valence-electron chi connectivity index (χ1n) is 8.17. The van der Waals surface area contributed by atoms with Crippen LogP contribution in [-0.4, -0.2) is 20.4 Å². The van der Waals surface area contributed by atoms with Crippen LogP contribution in [0.4, 0.5) is 0 Å². The van der Waals surface area contributed by atoms with Crippen molar-refractivity contribution in [3.05, 3.63) is 81.9 Å². The topological polar surface area (TPSA) is 89.1 Å². The lowest BCUT2D eigenvalue weighted by Crippen LogP contribution is -2.17. The van der Waals surface area contributed by atoms with Crippen molar-refractivity contribution < 1.29 is 4.79 Å². The lowest BCUT2D eigenvalue weighted by Gasteiger charge is -2.05. The number of aromatic nitrogens is 3. The number of nitrogens with one attached hydrogen (secondary N) is 1. The van der Waals surface area contributed by atoms with Gasteiger partial charge in [-0.2, -0.15) is 4.99 Å². The maximum absolute atomic E-state index is 12.7. The Hall–Kier alpha value is -3.03. The Morgan fingerprint density at radius 1 is 1.27 bits per heavy atom. The van der Waals surface area contributed by atoms with Crippen molar-refractivity contribution in [1.29, 1.82) is 0 Å². The highest BCUT2D eigenvalue weighted by Crippen LogP contribution is 2.16. The van der Waals surface area contributed by atoms with Crippen molar-refractivity contribution in [3.63, 3.8) is 0 Å². The smallest absolute Gasteiger partial charge is 0.281 e. The minimum Gasteiger partial charge on any atom is -0.345 e. The van der Waals surface area contributed by atoms with E-state index in [0.717, 1.165) is 16.5 Å². The van der Waals surface area contributed by atoms with E-state index in [0.29, 0.717) is 29.1 Å². The van der Waals surface area contributed by atoms with Gasteiger partial charge in [-0.15, -0.1) is 11.3 Å². The van der Waals surface area contributed by atoms with Gasteiger partial charge in [0.25, 0.3) is 5.91 Å². The molecule has 0 atom stereocenters. The number of pyridine rings is 1. The number of nitrogens with two attached hydrogens (primary N) is 1. The summed E-state index contributed by atoms with van der Waals surface area (Å²) in [5, 5.41) is 2.70. The van der Waals surface area contributed by atoms with Crippen LogP contribution in [0.3, 0.4) is 0 Å². The molecule has 130 valence electrons. The summed E-state index contributed by atoms with van der Waals surface area (Å²) in [7, 11) is 0. The van der Waals surface area contributed by atoms with E-state index < -0.39 is 0 Å². The summed E-state index contributed by atoms with van der Waals surface area (Å²) in [5.74, 6) is -0.281. The van der Waals surface area contributed by atoms with Gasteiger partial charge in [0, 0.05) is 42.4 Å². The number of thiazole rings is 1. The van der Waals surface area contributed by atoms with Gasteiger partial charge in [0.1, 0.15) is 5.65 Å². The van der Waals surface area contributed by atoms with E-state index in [1.165, 1.54) is 11.3 Å². The number of amides is 1. The molecular weight excluding hydrogens is 346 g/mol. The van der Waals surface area contributed by atoms with Crippen LogP contribution >= 0.6 is 11.3 Å². The second-order valence-corrected chi connectivity index (χ2v) is 6.73. The van der Waals surface area contributed by atoms with Gasteiger partial charge in [-0.25, -0.2) is 4.98 Å². The molecular formula is C19H17N5OS. The van der Waals surface area contributed by atoms with E-state index in [1.807, 2.05) is 46.5 Å². The number of aromatic amines is 1. The Morgan fingerprint density at radius 3 is 3.04 bits per heavy atom. The zero-order chi connectivity index (χ0) is 17.9. The molecule has 1 aromatic carbocycles. The van der Waals surface area contributed by atoms with Crippen molar-refractivity contribution in [2.75, 3.05) is 0 Å². The summed E-state index contributed by atoms with van der Waals surface area (Å²) < 4.78 is 1.96. The predicted molar refractivity (Wildman–Crippen MR) is 102 cm³/mol. The Bertz CT molecular complexity index is 1140. The molecule has 4 aromatic rings. The molecule has 0 aliphatic carbocycles. The van der Waals surface area contributed by atoms with E-state index in [2.05, 4.69) is 21.0 Å². The Morgan fingerprint density at radius 2 is 2.15 bits per heavy atom. The van der Waals surface area contributed by atoms with Crippen molar-refractivity contribution >= 4 is 28.3 Å². The second kappa shape index (κ2) is 7.07. The molecule has 26 heavy (non-hydrogen) atoms. The molecule has 6 nitrogen and oxygen atoms in total. The van der Waals surface area contributed by atoms with E-state index in [4.69, 9.17) is 5.73 Å². The first kappa shape index (κ1) is 16.4. The fourth-order valence-corrected chi connectivity index (χ4v) is 3.56. The third-order valence-electron chi connectivity index (χ3n) is 4.12. The number of benzene rings is 1. The number of carbonyl (C=O) groups excluding carboxylic acids is 1. The summed E-state index contributed by atoms with van der Waals surface area (Å²) in [6.07, 6.45) is 5.28. The van der Waals surface area contributed by atoms with Gasteiger partial charge in [-0.1, -0.05) is 24.3 Å². The minimum absolute atomic E-state index is 0.281. The molecule has 3 aromatic heterocycles. The average molecular weight is 363 g/mol. The molecule has 0 bridgehead atoms. The number of carbonyl (C=O) groups is 1. The lowest BCUT2D eigenvalue weighted by molar-refractivity contribution is 0.0999. The van der Waals surface area contributed by atoms with Crippen LogP contribution in [0.1, 0.15) is 21.5 Å². The first-order valence-corrected chi connectivity index (χ1v) is 9.05. The van der Waals surface area contributed by atoms with E-state index >= 15 is 0 Å². The summed E-state index contributed by atoms with van der Waals surface area (Å²) in [6, 6.07) is 11.8. The third-order valence-corrected chi connectivity index (χ3v) is 4.91. The van der Waals surface area contributed by atoms with Gasteiger partial charge >= 0.3 is 0 Å². The number of hydrogen-bond donors (Lipinski definition) is 2. The molecule has 3 heterocycles. The molecule has 0 fully saturated rings. The molecule has 0 saturated heterocycles. The van der Waals surface area contributed by atoms with Crippen molar-refractivity contribution in [2.45, 2.75) is 13.1 Å². The fraction of sp³-hybridized carbons (Fsp3) is 0.105. The van der Waals surface area contributed by atoms with Crippen molar-refractivity contribution in [2.24, 2.45) is 10.7 Å². The zero-order valence-electron chi connectivity index (χ0n) is 13.9. The van der Waals surface area contributed by atoms with Crippen LogP contribution in [0, 0.1) is 0 Å². The normalized spacial score (nSPS) is 12.0. The number of hydrogen-bond acceptors (Lipinski definition) is 4. The number of rotatable bonds is 4. The van der Waals surface area contributed by atoms with Crippen LogP contribution in [0.2, 0.25) is 0 Å². The van der Waals surface area contributed by atoms with Crippen LogP contribution < -0.4 is 10.5 Å². The zero-order valence-corrected chi connectivity index (χ0v) is 14.7. The van der Waals surface area contributed by atoms with Gasteiger partial charge < -0.3 is 15.3 Å². The highest BCUT2D eigenvalue weighted by atomic mass is 32.1. The van der Waals surface area contributed by atoms with E-state index in [9.17, 15) is 4.79 Å². The molecule has 0 radical (unpaired) electrons. The van der Waals surface area contributed by atoms with Crippen LogP contribution in [0.25, 0.3) is 11.0 Å². The predicted octanol–water partition coefficient (Wildman–Crippen LogP) is 2.67. The number of fused-ring (bicyclic) bond motifs is 1. The Labute approximate surface area is 153 Å². The highest BCUT2D eigenvalue weighted by Gasteiger charge is 2.12. The van der Waals surface area contributed by atoms with Crippen LogP contribution in [0.5, 0.6) is 0 Å². The molecule has 0 unspecified atom stereocenters. The summed E-state index contributed by atoms with van der Waals surface area (Å²) in [6.45, 7) is 1.14. The molecule has 0 saturated carbocycles. The van der Waals surface area contributed by atoms with Gasteiger partial charge in [0.15, 0.2) is 4.80 Å². The molecule has 0 spiro atoms. The first-order chi connectivity index (χ1) is 12.7. The molecule has 3 N–H and O–H groups in total. The van der Waals surface area contributed by atoms with Crippen molar-refractivity contribution in [1.82, 2.24) is 14.5 Å². The summed E-state index contributed by atoms with van der Waals surface area (Å²) >= 11 is 1.43.